The van der Waals surface area contributed by atoms with Gasteiger partial charge in [-0.15, -0.1) is 0 Å². The third-order valence-electron chi connectivity index (χ3n) is 5.46. The van der Waals surface area contributed by atoms with Gasteiger partial charge < -0.3 is 9.47 Å². The van der Waals surface area contributed by atoms with E-state index in [0.717, 1.165) is 56.5 Å². The molecule has 0 bridgehead atoms. The zero-order chi connectivity index (χ0) is 20.1. The van der Waals surface area contributed by atoms with Crippen LogP contribution in [0.5, 0.6) is 11.5 Å². The van der Waals surface area contributed by atoms with E-state index in [1.807, 2.05) is 29.1 Å². The largest absolute Gasteiger partial charge is 0.497 e. The lowest BCUT2D eigenvalue weighted by Gasteiger charge is -2.35. The van der Waals surface area contributed by atoms with Gasteiger partial charge in [-0.2, -0.15) is 5.10 Å². The molecule has 152 valence electrons. The van der Waals surface area contributed by atoms with Crippen molar-refractivity contribution in [2.45, 2.75) is 13.1 Å². The van der Waals surface area contributed by atoms with E-state index in [1.54, 1.807) is 20.4 Å². The van der Waals surface area contributed by atoms with Crippen molar-refractivity contribution in [3.05, 3.63) is 72.1 Å². The van der Waals surface area contributed by atoms with Gasteiger partial charge in [0, 0.05) is 57.2 Å². The summed E-state index contributed by atoms with van der Waals surface area (Å²) >= 11 is 0. The molecule has 0 saturated carbocycles. The lowest BCUT2D eigenvalue weighted by molar-refractivity contribution is 0.121. The minimum Gasteiger partial charge on any atom is -0.497 e. The lowest BCUT2D eigenvalue weighted by atomic mass is 10.1. The van der Waals surface area contributed by atoms with Crippen molar-refractivity contribution < 1.29 is 9.47 Å². The molecule has 4 rings (SSSR count). The predicted octanol–water partition coefficient (Wildman–Crippen LogP) is 3.21. The molecular weight excluding hydrogens is 364 g/mol. The molecule has 0 N–H and O–H groups in total. The predicted molar refractivity (Wildman–Crippen MR) is 114 cm³/mol. The van der Waals surface area contributed by atoms with Gasteiger partial charge >= 0.3 is 0 Å². The van der Waals surface area contributed by atoms with Crippen molar-refractivity contribution in [3.63, 3.8) is 0 Å². The van der Waals surface area contributed by atoms with E-state index < -0.39 is 0 Å². The second-order valence-corrected chi connectivity index (χ2v) is 7.35. The van der Waals surface area contributed by atoms with E-state index >= 15 is 0 Å². The number of hydrogen-bond donors (Lipinski definition) is 0. The summed E-state index contributed by atoms with van der Waals surface area (Å²) in [5, 5.41) is 4.28. The summed E-state index contributed by atoms with van der Waals surface area (Å²) in [4.78, 5) is 5.00. The highest BCUT2D eigenvalue weighted by Gasteiger charge is 2.18. The van der Waals surface area contributed by atoms with Gasteiger partial charge in [-0.05, 0) is 42.0 Å². The van der Waals surface area contributed by atoms with E-state index in [9.17, 15) is 0 Å². The molecule has 6 nitrogen and oxygen atoms in total. The zero-order valence-electron chi connectivity index (χ0n) is 17.1. The van der Waals surface area contributed by atoms with Crippen LogP contribution >= 0.6 is 0 Å². The van der Waals surface area contributed by atoms with Gasteiger partial charge in [0.1, 0.15) is 11.5 Å². The van der Waals surface area contributed by atoms with E-state index in [1.165, 1.54) is 11.1 Å². The van der Waals surface area contributed by atoms with Crippen molar-refractivity contribution in [1.29, 1.82) is 0 Å². The fourth-order valence-electron chi connectivity index (χ4n) is 3.79. The number of ether oxygens (including phenoxy) is 2. The molecule has 1 aliphatic rings. The third-order valence-corrected chi connectivity index (χ3v) is 5.46. The Bertz CT molecular complexity index is 901. The maximum atomic E-state index is 5.52. The van der Waals surface area contributed by atoms with Crippen LogP contribution in [0.3, 0.4) is 0 Å². The monoisotopic (exact) mass is 392 g/mol. The zero-order valence-corrected chi connectivity index (χ0v) is 17.1. The number of hydrogen-bond acceptors (Lipinski definition) is 5. The average Bonchev–Trinajstić information content (AvgIpc) is 3.30. The minimum atomic E-state index is 0.873. The van der Waals surface area contributed by atoms with Crippen molar-refractivity contribution in [3.8, 4) is 17.2 Å². The molecule has 29 heavy (non-hydrogen) atoms. The SMILES string of the molecule is COc1ccc(OC)c(CN2CCN(Cc3ccc(-n4cccn4)cc3)CC2)c1. The Balaban J connectivity index is 1.31. The Morgan fingerprint density at radius 3 is 2.21 bits per heavy atom. The van der Waals surface area contributed by atoms with Gasteiger partial charge in [-0.25, -0.2) is 4.68 Å². The van der Waals surface area contributed by atoms with Gasteiger partial charge in [0.25, 0.3) is 0 Å². The molecule has 1 aromatic heterocycles. The molecule has 0 atom stereocenters. The number of rotatable bonds is 7. The lowest BCUT2D eigenvalue weighted by Crippen LogP contribution is -2.45. The molecule has 0 spiro atoms. The Kier molecular flexibility index (Phi) is 6.12. The van der Waals surface area contributed by atoms with Gasteiger partial charge in [0.2, 0.25) is 0 Å². The fourth-order valence-corrected chi connectivity index (χ4v) is 3.79. The second-order valence-electron chi connectivity index (χ2n) is 7.35. The third kappa shape index (κ3) is 4.78. The van der Waals surface area contributed by atoms with Crippen molar-refractivity contribution in [2.75, 3.05) is 40.4 Å². The second kappa shape index (κ2) is 9.11. The maximum absolute atomic E-state index is 5.52. The molecule has 2 heterocycles. The highest BCUT2D eigenvalue weighted by molar-refractivity contribution is 5.40. The van der Waals surface area contributed by atoms with Crippen molar-refractivity contribution in [2.24, 2.45) is 0 Å². The molecule has 0 radical (unpaired) electrons. The maximum Gasteiger partial charge on any atom is 0.123 e. The summed E-state index contributed by atoms with van der Waals surface area (Å²) in [6.45, 7) is 6.08. The van der Waals surface area contributed by atoms with Crippen LogP contribution in [0.4, 0.5) is 0 Å². The van der Waals surface area contributed by atoms with Crippen LogP contribution in [0.15, 0.2) is 60.9 Å². The van der Waals surface area contributed by atoms with Crippen LogP contribution in [0.2, 0.25) is 0 Å². The van der Waals surface area contributed by atoms with E-state index in [-0.39, 0.29) is 0 Å². The van der Waals surface area contributed by atoms with E-state index in [4.69, 9.17) is 9.47 Å². The normalized spacial score (nSPS) is 15.4. The van der Waals surface area contributed by atoms with Crippen molar-refractivity contribution >= 4 is 0 Å². The average molecular weight is 393 g/mol. The van der Waals surface area contributed by atoms with Crippen LogP contribution in [-0.2, 0) is 13.1 Å². The van der Waals surface area contributed by atoms with Crippen LogP contribution < -0.4 is 9.47 Å². The van der Waals surface area contributed by atoms with Gasteiger partial charge in [-0.1, -0.05) is 12.1 Å². The number of piperazine rings is 1. The van der Waals surface area contributed by atoms with Gasteiger partial charge in [0.05, 0.1) is 19.9 Å². The summed E-state index contributed by atoms with van der Waals surface area (Å²) in [5.41, 5.74) is 3.61. The number of benzene rings is 2. The molecule has 0 unspecified atom stereocenters. The Morgan fingerprint density at radius 1 is 0.862 bits per heavy atom. The first-order valence-electron chi connectivity index (χ1n) is 10.00. The quantitative estimate of drug-likeness (QED) is 0.618. The molecule has 0 amide bonds. The molecule has 2 aromatic carbocycles. The van der Waals surface area contributed by atoms with Crippen molar-refractivity contribution in [1.82, 2.24) is 19.6 Å². The number of aromatic nitrogens is 2. The van der Waals surface area contributed by atoms with Crippen LogP contribution in [-0.4, -0.2) is 60.0 Å². The highest BCUT2D eigenvalue weighted by atomic mass is 16.5. The molecule has 6 heteroatoms. The number of methoxy groups -OCH3 is 2. The molecule has 1 aliphatic heterocycles. The Hall–Kier alpha value is -2.83. The first kappa shape index (κ1) is 19.5. The molecular formula is C23H28N4O2. The van der Waals surface area contributed by atoms with Gasteiger partial charge in [0.15, 0.2) is 0 Å². The smallest absolute Gasteiger partial charge is 0.123 e. The van der Waals surface area contributed by atoms with Crippen LogP contribution in [0, 0.1) is 0 Å². The first-order chi connectivity index (χ1) is 14.2. The first-order valence-corrected chi connectivity index (χ1v) is 10.00. The molecule has 1 fully saturated rings. The standard InChI is InChI=1S/C23H28N4O2/c1-28-22-8-9-23(29-2)20(16-22)18-26-14-12-25(13-15-26)17-19-4-6-21(7-5-19)27-11-3-10-24-27/h3-11,16H,12-15,17-18H2,1-2H3. The molecule has 0 aliphatic carbocycles. The van der Waals surface area contributed by atoms with Crippen LogP contribution in [0.1, 0.15) is 11.1 Å². The molecule has 3 aromatic rings. The minimum absolute atomic E-state index is 0.873. The number of nitrogens with zero attached hydrogens (tertiary/aromatic N) is 4. The van der Waals surface area contributed by atoms with E-state index in [2.05, 4.69) is 45.2 Å². The summed E-state index contributed by atoms with van der Waals surface area (Å²) < 4.78 is 12.8. The Labute approximate surface area is 172 Å². The summed E-state index contributed by atoms with van der Waals surface area (Å²) in [6.07, 6.45) is 3.76. The summed E-state index contributed by atoms with van der Waals surface area (Å²) in [6, 6.07) is 16.6. The topological polar surface area (TPSA) is 42.8 Å². The van der Waals surface area contributed by atoms with Crippen LogP contribution in [0.25, 0.3) is 5.69 Å². The Morgan fingerprint density at radius 2 is 1.59 bits per heavy atom. The highest BCUT2D eigenvalue weighted by Crippen LogP contribution is 2.25. The molecule has 1 saturated heterocycles. The fraction of sp³-hybridized carbons (Fsp3) is 0.348. The van der Waals surface area contributed by atoms with Gasteiger partial charge in [-0.3, -0.25) is 9.80 Å². The van der Waals surface area contributed by atoms with E-state index in [0.29, 0.717) is 0 Å². The summed E-state index contributed by atoms with van der Waals surface area (Å²) in [7, 11) is 3.42. The summed E-state index contributed by atoms with van der Waals surface area (Å²) in [5.74, 6) is 1.79.